The molecule has 0 bridgehead atoms. The number of hydrogen-bond donors (Lipinski definition) is 0. The number of allylic oxidation sites excluding steroid dienone is 1. The van der Waals surface area contributed by atoms with E-state index in [2.05, 4.69) is 4.99 Å². The van der Waals surface area contributed by atoms with Crippen LogP contribution in [0.1, 0.15) is 32.3 Å². The number of aliphatic imine (C=N–C) groups is 1. The Labute approximate surface area is 136 Å². The molecule has 1 aromatic rings. The summed E-state index contributed by atoms with van der Waals surface area (Å²) in [5.74, 6) is 2.04. The van der Waals surface area contributed by atoms with E-state index in [1.54, 1.807) is 18.1 Å². The third kappa shape index (κ3) is 3.38. The second-order valence-electron chi connectivity index (χ2n) is 6.49. The monoisotopic (exact) mass is 314 g/mol. The van der Waals surface area contributed by atoms with Crippen LogP contribution in [0.2, 0.25) is 0 Å². The molecule has 2 aliphatic heterocycles. The summed E-state index contributed by atoms with van der Waals surface area (Å²) < 4.78 is 11.7. The minimum Gasteiger partial charge on any atom is -0.483 e. The summed E-state index contributed by atoms with van der Waals surface area (Å²) in [6.07, 6.45) is 6.26. The van der Waals surface area contributed by atoms with Crippen molar-refractivity contribution in [2.45, 2.75) is 38.7 Å². The lowest BCUT2D eigenvalue weighted by atomic mass is 10.0. The third-order valence-electron chi connectivity index (χ3n) is 4.03. The summed E-state index contributed by atoms with van der Waals surface area (Å²) in [6, 6.07) is 5.81. The molecule has 122 valence electrons. The smallest absolute Gasteiger partial charge is 0.265 e. The van der Waals surface area contributed by atoms with Gasteiger partial charge in [-0.2, -0.15) is 0 Å². The molecule has 2 aliphatic rings. The fraction of sp³-hybridized carbons (Fsp3) is 0.444. The first-order chi connectivity index (χ1) is 11.0. The van der Waals surface area contributed by atoms with Crippen molar-refractivity contribution < 1.29 is 14.3 Å². The molecule has 2 heterocycles. The molecule has 0 fully saturated rings. The maximum Gasteiger partial charge on any atom is 0.265 e. The molecule has 1 aromatic carbocycles. The molecular formula is C18H22N2O3. The Balaban J connectivity index is 1.66. The fourth-order valence-electron chi connectivity index (χ4n) is 2.83. The molecule has 1 amide bonds. The highest BCUT2D eigenvalue weighted by Crippen LogP contribution is 2.41. The van der Waals surface area contributed by atoms with Crippen LogP contribution in [0.25, 0.3) is 0 Å². The average molecular weight is 314 g/mol. The van der Waals surface area contributed by atoms with Crippen molar-refractivity contribution >= 4 is 11.7 Å². The van der Waals surface area contributed by atoms with Gasteiger partial charge < -0.3 is 14.4 Å². The zero-order chi connectivity index (χ0) is 16.4. The summed E-state index contributed by atoms with van der Waals surface area (Å²) >= 11 is 0. The number of amidine groups is 1. The molecule has 0 N–H and O–H groups in total. The number of para-hydroxylation sites is 1. The predicted octanol–water partition coefficient (Wildman–Crippen LogP) is 2.94. The highest BCUT2D eigenvalue weighted by Gasteiger charge is 2.32. The molecule has 0 spiro atoms. The minimum absolute atomic E-state index is 0.0283. The standard InChI is InChI=1S/C18H22N2O3/c1-18(2)11-13-7-6-8-14(17(13)23-18)22-12-16(21)20(3)15-9-4-5-10-19-15/h5-8,10H,4,9,11-12H2,1-3H3. The molecule has 23 heavy (non-hydrogen) atoms. The van der Waals surface area contributed by atoms with Crippen LogP contribution in [0.5, 0.6) is 11.5 Å². The number of benzene rings is 1. The van der Waals surface area contributed by atoms with Crippen molar-refractivity contribution in [1.29, 1.82) is 0 Å². The second kappa shape index (κ2) is 6.07. The Morgan fingerprint density at radius 3 is 3.00 bits per heavy atom. The van der Waals surface area contributed by atoms with Crippen molar-refractivity contribution in [3.05, 3.63) is 36.0 Å². The van der Waals surface area contributed by atoms with Crippen LogP contribution in [0, 0.1) is 0 Å². The van der Waals surface area contributed by atoms with Gasteiger partial charge in [-0.25, -0.2) is 4.99 Å². The van der Waals surface area contributed by atoms with Gasteiger partial charge in [0.15, 0.2) is 18.1 Å². The van der Waals surface area contributed by atoms with Crippen LogP contribution in [-0.4, -0.2) is 35.9 Å². The van der Waals surface area contributed by atoms with Gasteiger partial charge >= 0.3 is 0 Å². The van der Waals surface area contributed by atoms with E-state index in [4.69, 9.17) is 9.47 Å². The number of carbonyl (C=O) groups is 1. The lowest BCUT2D eigenvalue weighted by Crippen LogP contribution is -2.37. The minimum atomic E-state index is -0.230. The zero-order valence-corrected chi connectivity index (χ0v) is 13.8. The molecule has 0 aromatic heterocycles. The molecule has 0 saturated heterocycles. The molecule has 0 saturated carbocycles. The van der Waals surface area contributed by atoms with Crippen LogP contribution < -0.4 is 9.47 Å². The predicted molar refractivity (Wildman–Crippen MR) is 88.9 cm³/mol. The Kier molecular flexibility index (Phi) is 4.11. The largest absolute Gasteiger partial charge is 0.483 e. The fourth-order valence-corrected chi connectivity index (χ4v) is 2.83. The van der Waals surface area contributed by atoms with E-state index < -0.39 is 0 Å². The molecule has 5 heteroatoms. The zero-order valence-electron chi connectivity index (χ0n) is 13.8. The second-order valence-corrected chi connectivity index (χ2v) is 6.49. The topological polar surface area (TPSA) is 51.1 Å². The Morgan fingerprint density at radius 2 is 2.26 bits per heavy atom. The third-order valence-corrected chi connectivity index (χ3v) is 4.03. The maximum atomic E-state index is 12.3. The molecular weight excluding hydrogens is 292 g/mol. The summed E-state index contributed by atoms with van der Waals surface area (Å²) in [4.78, 5) is 18.1. The number of likely N-dealkylation sites (N-methyl/N-ethyl adjacent to an activating group) is 1. The van der Waals surface area contributed by atoms with Gasteiger partial charge in [-0.1, -0.05) is 18.2 Å². The van der Waals surface area contributed by atoms with Crippen LogP contribution in [-0.2, 0) is 11.2 Å². The molecule has 0 unspecified atom stereocenters. The van der Waals surface area contributed by atoms with Gasteiger partial charge in [-0.3, -0.25) is 4.79 Å². The number of amides is 1. The quantitative estimate of drug-likeness (QED) is 0.862. The van der Waals surface area contributed by atoms with Crippen LogP contribution in [0.4, 0.5) is 0 Å². The van der Waals surface area contributed by atoms with Crippen molar-refractivity contribution in [2.75, 3.05) is 13.7 Å². The Morgan fingerprint density at radius 1 is 1.43 bits per heavy atom. The van der Waals surface area contributed by atoms with E-state index in [1.165, 1.54) is 0 Å². The lowest BCUT2D eigenvalue weighted by Gasteiger charge is -2.21. The van der Waals surface area contributed by atoms with E-state index in [1.807, 2.05) is 38.1 Å². The normalized spacial score (nSPS) is 18.0. The van der Waals surface area contributed by atoms with Crippen molar-refractivity contribution in [3.8, 4) is 11.5 Å². The van der Waals surface area contributed by atoms with E-state index in [-0.39, 0.29) is 18.1 Å². The first-order valence-corrected chi connectivity index (χ1v) is 7.88. The first kappa shape index (κ1) is 15.6. The van der Waals surface area contributed by atoms with Gasteiger partial charge in [-0.05, 0) is 26.3 Å². The molecule has 0 aliphatic carbocycles. The van der Waals surface area contributed by atoms with Gasteiger partial charge in [0.05, 0.1) is 0 Å². The van der Waals surface area contributed by atoms with Gasteiger partial charge in [-0.15, -0.1) is 0 Å². The Hall–Kier alpha value is -2.30. The van der Waals surface area contributed by atoms with Crippen molar-refractivity contribution in [1.82, 2.24) is 4.90 Å². The number of fused-ring (bicyclic) bond motifs is 1. The van der Waals surface area contributed by atoms with Gasteiger partial charge in [0.25, 0.3) is 5.91 Å². The highest BCUT2D eigenvalue weighted by molar-refractivity contribution is 5.99. The van der Waals surface area contributed by atoms with Crippen molar-refractivity contribution in [2.24, 2.45) is 4.99 Å². The first-order valence-electron chi connectivity index (χ1n) is 7.88. The van der Waals surface area contributed by atoms with Crippen LogP contribution in [0.3, 0.4) is 0 Å². The van der Waals surface area contributed by atoms with E-state index in [0.29, 0.717) is 5.75 Å². The molecule has 5 nitrogen and oxygen atoms in total. The molecule has 0 atom stereocenters. The summed E-state index contributed by atoms with van der Waals surface area (Å²) in [6.45, 7) is 4.06. The highest BCUT2D eigenvalue weighted by atomic mass is 16.5. The number of carbonyl (C=O) groups excluding carboxylic acids is 1. The number of hydrogen-bond acceptors (Lipinski definition) is 4. The summed E-state index contributed by atoms with van der Waals surface area (Å²) in [5.41, 5.74) is 0.890. The summed E-state index contributed by atoms with van der Waals surface area (Å²) in [5, 5.41) is 0. The van der Waals surface area contributed by atoms with Crippen LogP contribution in [0.15, 0.2) is 35.5 Å². The van der Waals surface area contributed by atoms with E-state index >= 15 is 0 Å². The number of rotatable bonds is 3. The van der Waals surface area contributed by atoms with E-state index in [0.717, 1.165) is 36.4 Å². The van der Waals surface area contributed by atoms with Crippen molar-refractivity contribution in [3.63, 3.8) is 0 Å². The van der Waals surface area contributed by atoms with E-state index in [9.17, 15) is 4.79 Å². The molecule has 3 rings (SSSR count). The number of ether oxygens (including phenoxy) is 2. The lowest BCUT2D eigenvalue weighted by molar-refractivity contribution is -0.128. The van der Waals surface area contributed by atoms with Gasteiger partial charge in [0.1, 0.15) is 11.4 Å². The Bertz CT molecular complexity index is 677. The molecule has 0 radical (unpaired) electrons. The van der Waals surface area contributed by atoms with Gasteiger partial charge in [0.2, 0.25) is 0 Å². The summed E-state index contributed by atoms with van der Waals surface area (Å²) in [7, 11) is 1.73. The average Bonchev–Trinajstić information content (AvgIpc) is 2.87. The number of nitrogens with zero attached hydrogens (tertiary/aromatic N) is 2. The SMILES string of the molecule is CN(C(=O)COc1cccc2c1OC(C)(C)C2)C1=NC=CCC1. The van der Waals surface area contributed by atoms with Crippen LogP contribution >= 0.6 is 0 Å². The van der Waals surface area contributed by atoms with Gasteiger partial charge in [0, 0.05) is 31.7 Å². The maximum absolute atomic E-state index is 12.3.